The monoisotopic (exact) mass is 190 g/mol. The van der Waals surface area contributed by atoms with Crippen LogP contribution in [0.1, 0.15) is 0 Å². The summed E-state index contributed by atoms with van der Waals surface area (Å²) >= 11 is 5.79. The van der Waals surface area contributed by atoms with Gasteiger partial charge in [0, 0.05) is 23.8 Å². The lowest BCUT2D eigenvalue weighted by molar-refractivity contribution is 0.920. The molecule has 0 amide bonds. The van der Waals surface area contributed by atoms with Crippen LogP contribution in [0.4, 0.5) is 0 Å². The van der Waals surface area contributed by atoms with Crippen LogP contribution in [0.25, 0.3) is 11.1 Å². The summed E-state index contributed by atoms with van der Waals surface area (Å²) in [6.07, 6.45) is 5.16. The molecule has 2 rings (SSSR count). The Kier molecular flexibility index (Phi) is 2.11. The van der Waals surface area contributed by atoms with Crippen LogP contribution in [0.2, 0.25) is 5.02 Å². The van der Waals surface area contributed by atoms with Gasteiger partial charge in [0.25, 0.3) is 0 Å². The summed E-state index contributed by atoms with van der Waals surface area (Å²) in [5, 5.41) is 0.764. The normalized spacial score (nSPS) is 10.3. The van der Waals surface area contributed by atoms with Gasteiger partial charge in [0.1, 0.15) is 0 Å². The standard InChI is InChI=1S/C11H9ClN/c1-13-7-6-10(8-13)9-2-4-11(12)5-3-9/h2-7H,1H3. The van der Waals surface area contributed by atoms with Crippen molar-refractivity contribution in [3.05, 3.63) is 47.7 Å². The molecule has 0 aliphatic carbocycles. The minimum Gasteiger partial charge on any atom is -0.349 e. The van der Waals surface area contributed by atoms with E-state index in [4.69, 9.17) is 11.6 Å². The number of benzene rings is 1. The quantitative estimate of drug-likeness (QED) is 0.651. The Hall–Kier alpha value is -1.21. The van der Waals surface area contributed by atoms with Crippen molar-refractivity contribution in [2.75, 3.05) is 0 Å². The minimum atomic E-state index is 0.764. The van der Waals surface area contributed by atoms with Crippen LogP contribution in [0.3, 0.4) is 0 Å². The number of nitrogens with zero attached hydrogens (tertiary/aromatic N) is 1. The summed E-state index contributed by atoms with van der Waals surface area (Å²) in [5.41, 5.74) is 2.24. The van der Waals surface area contributed by atoms with E-state index in [1.807, 2.05) is 48.1 Å². The molecule has 13 heavy (non-hydrogen) atoms. The summed E-state index contributed by atoms with van der Waals surface area (Å²) < 4.78 is 1.91. The number of halogens is 1. The Balaban J connectivity index is 2.41. The van der Waals surface area contributed by atoms with E-state index in [1.54, 1.807) is 0 Å². The molecule has 1 radical (unpaired) electrons. The molecule has 65 valence electrons. The van der Waals surface area contributed by atoms with Gasteiger partial charge in [-0.05, 0) is 23.8 Å². The molecule has 0 bridgehead atoms. The molecule has 1 aromatic carbocycles. The van der Waals surface area contributed by atoms with Crippen molar-refractivity contribution >= 4 is 11.6 Å². The molecule has 0 fully saturated rings. The van der Waals surface area contributed by atoms with Crippen molar-refractivity contribution in [1.29, 1.82) is 0 Å². The number of aryl methyl sites for hydroxylation is 1. The maximum atomic E-state index is 5.79. The van der Waals surface area contributed by atoms with Gasteiger partial charge in [-0.3, -0.25) is 0 Å². The average Bonchev–Trinajstić information content (AvgIpc) is 2.53. The van der Waals surface area contributed by atoms with E-state index < -0.39 is 0 Å². The third kappa shape index (κ3) is 1.76. The van der Waals surface area contributed by atoms with Gasteiger partial charge in [0.15, 0.2) is 0 Å². The SMILES string of the molecule is Cn1[c]c(-c2ccc(Cl)cc2)cc1. The predicted molar refractivity (Wildman–Crippen MR) is 54.7 cm³/mol. The van der Waals surface area contributed by atoms with Gasteiger partial charge >= 0.3 is 0 Å². The van der Waals surface area contributed by atoms with E-state index >= 15 is 0 Å². The minimum absolute atomic E-state index is 0.764. The number of hydrogen-bond acceptors (Lipinski definition) is 0. The Labute approximate surface area is 82.6 Å². The molecule has 1 nitrogen and oxygen atoms in total. The van der Waals surface area contributed by atoms with Crippen molar-refractivity contribution in [1.82, 2.24) is 4.57 Å². The highest BCUT2D eigenvalue weighted by molar-refractivity contribution is 6.30. The zero-order chi connectivity index (χ0) is 9.26. The molecule has 0 N–H and O–H groups in total. The van der Waals surface area contributed by atoms with Gasteiger partial charge in [-0.1, -0.05) is 23.7 Å². The van der Waals surface area contributed by atoms with Crippen LogP contribution in [0.5, 0.6) is 0 Å². The fourth-order valence-electron chi connectivity index (χ4n) is 1.24. The first-order chi connectivity index (χ1) is 6.25. The highest BCUT2D eigenvalue weighted by Gasteiger charge is 1.98. The molecule has 0 saturated heterocycles. The lowest BCUT2D eigenvalue weighted by atomic mass is 10.1. The van der Waals surface area contributed by atoms with Crippen molar-refractivity contribution in [2.45, 2.75) is 0 Å². The van der Waals surface area contributed by atoms with Crippen molar-refractivity contribution in [3.63, 3.8) is 0 Å². The van der Waals surface area contributed by atoms with Crippen LogP contribution < -0.4 is 0 Å². The zero-order valence-corrected chi connectivity index (χ0v) is 8.05. The van der Waals surface area contributed by atoms with E-state index in [-0.39, 0.29) is 0 Å². The maximum absolute atomic E-state index is 5.79. The molecule has 1 aromatic heterocycles. The Bertz CT molecular complexity index is 400. The molecule has 0 aliphatic rings. The summed E-state index contributed by atoms with van der Waals surface area (Å²) in [7, 11) is 1.96. The highest BCUT2D eigenvalue weighted by atomic mass is 35.5. The second-order valence-corrected chi connectivity index (χ2v) is 3.40. The first-order valence-corrected chi connectivity index (χ1v) is 4.44. The third-order valence-electron chi connectivity index (χ3n) is 1.92. The fourth-order valence-corrected chi connectivity index (χ4v) is 1.37. The van der Waals surface area contributed by atoms with E-state index in [1.165, 1.54) is 0 Å². The first kappa shape index (κ1) is 8.39. The summed E-state index contributed by atoms with van der Waals surface area (Å²) in [6, 6.07) is 9.79. The largest absolute Gasteiger partial charge is 0.349 e. The molecule has 0 saturated carbocycles. The fraction of sp³-hybridized carbons (Fsp3) is 0.0909. The number of rotatable bonds is 1. The Morgan fingerprint density at radius 1 is 1.15 bits per heavy atom. The van der Waals surface area contributed by atoms with Gasteiger partial charge < -0.3 is 4.57 Å². The topological polar surface area (TPSA) is 4.93 Å². The van der Waals surface area contributed by atoms with Crippen LogP contribution in [-0.4, -0.2) is 4.57 Å². The van der Waals surface area contributed by atoms with Gasteiger partial charge in [-0.15, -0.1) is 0 Å². The molecule has 2 aromatic rings. The lowest BCUT2D eigenvalue weighted by Crippen LogP contribution is -1.79. The second-order valence-electron chi connectivity index (χ2n) is 2.96. The van der Waals surface area contributed by atoms with E-state index in [2.05, 4.69) is 6.20 Å². The molecule has 0 unspecified atom stereocenters. The lowest BCUT2D eigenvalue weighted by Gasteiger charge is -1.96. The van der Waals surface area contributed by atoms with E-state index in [9.17, 15) is 0 Å². The summed E-state index contributed by atoms with van der Waals surface area (Å²) in [5.74, 6) is 0. The Morgan fingerprint density at radius 3 is 2.38 bits per heavy atom. The van der Waals surface area contributed by atoms with Gasteiger partial charge in [-0.2, -0.15) is 0 Å². The zero-order valence-electron chi connectivity index (χ0n) is 7.29. The average molecular weight is 191 g/mol. The second kappa shape index (κ2) is 3.27. The van der Waals surface area contributed by atoms with E-state index in [0.717, 1.165) is 16.1 Å². The van der Waals surface area contributed by atoms with Crippen LogP contribution in [0.15, 0.2) is 36.5 Å². The molecule has 0 atom stereocenters. The van der Waals surface area contributed by atoms with Gasteiger partial charge in [0.2, 0.25) is 0 Å². The Morgan fingerprint density at radius 2 is 1.85 bits per heavy atom. The summed E-state index contributed by atoms with van der Waals surface area (Å²) in [4.78, 5) is 0. The van der Waals surface area contributed by atoms with Crippen molar-refractivity contribution in [2.24, 2.45) is 7.05 Å². The van der Waals surface area contributed by atoms with E-state index in [0.29, 0.717) is 0 Å². The maximum Gasteiger partial charge on any atom is 0.0731 e. The molecule has 1 heterocycles. The molecule has 2 heteroatoms. The molecule has 0 aliphatic heterocycles. The first-order valence-electron chi connectivity index (χ1n) is 4.06. The number of aromatic nitrogens is 1. The van der Waals surface area contributed by atoms with Crippen LogP contribution in [-0.2, 0) is 7.05 Å². The molecule has 0 spiro atoms. The molecular weight excluding hydrogens is 182 g/mol. The number of hydrogen-bond donors (Lipinski definition) is 0. The van der Waals surface area contributed by atoms with Crippen molar-refractivity contribution in [3.8, 4) is 11.1 Å². The highest BCUT2D eigenvalue weighted by Crippen LogP contribution is 2.20. The van der Waals surface area contributed by atoms with Gasteiger partial charge in [-0.25, -0.2) is 0 Å². The smallest absolute Gasteiger partial charge is 0.0731 e. The van der Waals surface area contributed by atoms with Gasteiger partial charge in [0.05, 0.1) is 6.20 Å². The van der Waals surface area contributed by atoms with Crippen LogP contribution >= 0.6 is 11.6 Å². The summed E-state index contributed by atoms with van der Waals surface area (Å²) in [6.45, 7) is 0. The van der Waals surface area contributed by atoms with Crippen LogP contribution in [0, 0.1) is 6.20 Å². The molecular formula is C11H9ClN. The third-order valence-corrected chi connectivity index (χ3v) is 2.17. The van der Waals surface area contributed by atoms with Crippen molar-refractivity contribution < 1.29 is 0 Å². The predicted octanol–water partition coefficient (Wildman–Crippen LogP) is 3.15.